The molecule has 5 atom stereocenters. The largest absolute Gasteiger partial charge is 0.493 e. The Morgan fingerprint density at radius 3 is 1.00 bits per heavy atom. The van der Waals surface area contributed by atoms with Crippen LogP contribution in [0.2, 0.25) is 0 Å². The molecule has 0 saturated carbocycles. The number of aliphatic hydroxyl groups excluding tert-OH is 4. The topological polar surface area (TPSA) is 431 Å². The molecule has 5 rings (SSSR count). The highest BCUT2D eigenvalue weighted by Crippen LogP contribution is 2.40. The van der Waals surface area contributed by atoms with E-state index in [1.165, 1.54) is 171 Å². The second-order valence-corrected chi connectivity index (χ2v) is 38.0. The molecule has 1 aromatic heterocycles. The van der Waals surface area contributed by atoms with Crippen LogP contribution in [0.4, 0.5) is 0 Å². The molecule has 37 heteroatoms. The zero-order valence-corrected chi connectivity index (χ0v) is 92.1. The van der Waals surface area contributed by atoms with Gasteiger partial charge in [-0.15, -0.1) is 5.10 Å². The average Bonchev–Trinajstić information content (AvgIpc) is 0.859. The van der Waals surface area contributed by atoms with Gasteiger partial charge in [-0.25, -0.2) is 19.1 Å². The van der Waals surface area contributed by atoms with E-state index in [9.17, 15) is 25.2 Å². The van der Waals surface area contributed by atoms with E-state index in [-0.39, 0.29) is 158 Å². The minimum absolute atomic E-state index is 0.0165. The third-order valence-corrected chi connectivity index (χ3v) is 25.0. The Hall–Kier alpha value is -7.93. The lowest BCUT2D eigenvalue weighted by molar-refractivity contribution is -0.302. The molecular weight excluding hydrogens is 1940 g/mol. The monoisotopic (exact) mass is 2130 g/mol. The Morgan fingerprint density at radius 2 is 0.653 bits per heavy atom. The zero-order valence-electron chi connectivity index (χ0n) is 92.1. The summed E-state index contributed by atoms with van der Waals surface area (Å²) >= 11 is 0. The number of esters is 4. The first kappa shape index (κ1) is 133. The van der Waals surface area contributed by atoms with Gasteiger partial charge in [-0.05, 0) is 62.1 Å². The number of ether oxygens (including phenoxy) is 24. The first-order valence-corrected chi connectivity index (χ1v) is 56.3. The zero-order chi connectivity index (χ0) is 108. The molecule has 1 aliphatic rings. The van der Waals surface area contributed by atoms with Gasteiger partial charge in [0, 0.05) is 39.9 Å². The lowest BCUT2D eigenvalue weighted by Gasteiger charge is -2.39. The maximum Gasteiger partial charge on any atom is 0.338 e. The van der Waals surface area contributed by atoms with Crippen LogP contribution in [0.25, 0.3) is 0 Å². The van der Waals surface area contributed by atoms with E-state index in [0.717, 1.165) is 103 Å². The fourth-order valence-corrected chi connectivity index (χ4v) is 16.2. The predicted molar refractivity (Wildman–Crippen MR) is 568 cm³/mol. The van der Waals surface area contributed by atoms with E-state index in [1.807, 2.05) is 0 Å². The van der Waals surface area contributed by atoms with Gasteiger partial charge in [0.15, 0.2) is 17.8 Å². The summed E-state index contributed by atoms with van der Waals surface area (Å²) in [7, 11) is 4.75. The number of nitrogens with one attached hydrogen (secondary N) is 1. The Kier molecular flexibility index (Phi) is 79.8. The number of hydrogen-bond acceptors (Lipinski definition) is 35. The molecule has 1 saturated heterocycles. The summed E-state index contributed by atoms with van der Waals surface area (Å²) in [5.41, 5.74) is -2.07. The maximum absolute atomic E-state index is 15.6. The van der Waals surface area contributed by atoms with Crippen molar-refractivity contribution >= 4 is 29.8 Å². The molecule has 4 aromatic rings. The molecule has 0 radical (unpaired) electrons. The van der Waals surface area contributed by atoms with Crippen LogP contribution in [0.3, 0.4) is 0 Å². The van der Waals surface area contributed by atoms with Crippen LogP contribution < -0.4 is 38.5 Å². The van der Waals surface area contributed by atoms with Crippen molar-refractivity contribution in [1.29, 1.82) is 0 Å². The van der Waals surface area contributed by atoms with E-state index in [1.54, 1.807) is 63.9 Å². The summed E-state index contributed by atoms with van der Waals surface area (Å²) in [6, 6.07) is 12.5. The number of aliphatic hydroxyl groups is 4. The van der Waals surface area contributed by atoms with Crippen molar-refractivity contribution in [2.45, 2.75) is 347 Å². The highest BCUT2D eigenvalue weighted by molar-refractivity contribution is 5.93. The average molecular weight is 2130 g/mol. The summed E-state index contributed by atoms with van der Waals surface area (Å²) in [4.78, 5) is 75.6. The highest BCUT2D eigenvalue weighted by atomic mass is 16.7. The second kappa shape index (κ2) is 90.3. The quantitative estimate of drug-likeness (QED) is 0.0156. The fraction of sp³-hybridized carbons (Fsp3) is 0.779. The normalized spacial score (nSPS) is 14.6. The summed E-state index contributed by atoms with van der Waals surface area (Å²) in [5, 5.41) is 51.3. The van der Waals surface area contributed by atoms with Gasteiger partial charge in [0.05, 0.1) is 201 Å². The van der Waals surface area contributed by atoms with Gasteiger partial charge in [0.1, 0.15) is 105 Å². The molecule has 0 spiro atoms. The first-order valence-electron chi connectivity index (χ1n) is 56.3. The van der Waals surface area contributed by atoms with Crippen LogP contribution >= 0.6 is 0 Å². The molecular formula is C113H190N4O33. The first-order chi connectivity index (χ1) is 73.5. The standard InChI is InChI=1S/C113H190N4O33/c1-8-12-16-20-24-28-32-36-40-44-51-138-96-78-92(79-97(84-96)139-52-45-41-37-33-29-25-21-17-13-9-2)109(124)147-89-113(114-103(119)48-49-104(120)146-88-95-86-117(116-115-95)50-55-130-62-63-137-73-77-145-112-107(123)106(122)105(121)102(87-118)150-112,90-148-110(125)93-80-98(140-53-46-42-38-34-30-26-22-18-14-10-3)85-99(81-93)141-54-47-43-39-35-31-27-23-19-15-11-4)91-149-111(126)94-82-100(142-74-70-134-67-64-131-59-56-127-5)108(144-76-72-136-69-66-133-61-58-129-7)101(83-94)143-75-71-135-68-65-132-60-57-128-6/h78-86,102,105-107,112,118,121-123H,8-77,87-91H2,1-7H3,(H,114,119)/t102-,105-,106+,107+,112-/m1/s1. The van der Waals surface area contributed by atoms with E-state index in [0.29, 0.717) is 95.7 Å². The predicted octanol–water partition coefficient (Wildman–Crippen LogP) is 17.8. The van der Waals surface area contributed by atoms with E-state index < -0.39 is 105 Å². The number of carbonyl (C=O) groups excluding carboxylic acids is 5. The number of benzene rings is 3. The number of hydrogen-bond donors (Lipinski definition) is 5. The van der Waals surface area contributed by atoms with Gasteiger partial charge in [-0.2, -0.15) is 0 Å². The maximum atomic E-state index is 15.6. The van der Waals surface area contributed by atoms with E-state index >= 15 is 19.2 Å². The molecule has 0 unspecified atom stereocenters. The van der Waals surface area contributed by atoms with Crippen LogP contribution in [0, 0.1) is 0 Å². The molecule has 37 nitrogen and oxygen atoms in total. The van der Waals surface area contributed by atoms with Crippen molar-refractivity contribution in [2.75, 3.05) is 226 Å². The van der Waals surface area contributed by atoms with Crippen molar-refractivity contribution in [3.8, 4) is 40.2 Å². The smallest absolute Gasteiger partial charge is 0.338 e. The van der Waals surface area contributed by atoms with Crippen LogP contribution in [0.1, 0.15) is 334 Å². The van der Waals surface area contributed by atoms with Crippen molar-refractivity contribution in [2.24, 2.45) is 0 Å². The molecule has 0 aliphatic carbocycles. The van der Waals surface area contributed by atoms with Gasteiger partial charge in [0.25, 0.3) is 0 Å². The number of carbonyl (C=O) groups is 5. The molecule has 1 amide bonds. The molecule has 0 bridgehead atoms. The Morgan fingerprint density at radius 1 is 0.340 bits per heavy atom. The molecule has 150 heavy (non-hydrogen) atoms. The van der Waals surface area contributed by atoms with Crippen LogP contribution in [-0.2, 0) is 103 Å². The van der Waals surface area contributed by atoms with Gasteiger partial charge in [-0.3, -0.25) is 9.59 Å². The second-order valence-electron chi connectivity index (χ2n) is 38.0. The summed E-state index contributed by atoms with van der Waals surface area (Å²) in [6.07, 6.45) is 38.3. The Labute approximate surface area is 894 Å². The van der Waals surface area contributed by atoms with Crippen molar-refractivity contribution in [3.05, 3.63) is 77.1 Å². The van der Waals surface area contributed by atoms with E-state index in [4.69, 9.17) is 114 Å². The third-order valence-electron chi connectivity index (χ3n) is 25.0. The van der Waals surface area contributed by atoms with Gasteiger partial charge in [0.2, 0.25) is 11.7 Å². The summed E-state index contributed by atoms with van der Waals surface area (Å²) in [6.45, 7) is 11.5. The van der Waals surface area contributed by atoms with Crippen LogP contribution in [-0.4, -0.2) is 328 Å². The summed E-state index contributed by atoms with van der Waals surface area (Å²) < 4.78 is 144. The number of rotatable bonds is 104. The van der Waals surface area contributed by atoms with Gasteiger partial charge in [-0.1, -0.05) is 264 Å². The lowest BCUT2D eigenvalue weighted by Crippen LogP contribution is -2.59. The van der Waals surface area contributed by atoms with E-state index in [2.05, 4.69) is 43.3 Å². The van der Waals surface area contributed by atoms with Crippen molar-refractivity contribution in [1.82, 2.24) is 20.3 Å². The van der Waals surface area contributed by atoms with Crippen molar-refractivity contribution < 1.29 is 158 Å². The van der Waals surface area contributed by atoms with Crippen molar-refractivity contribution in [3.63, 3.8) is 0 Å². The molecule has 2 heterocycles. The van der Waals surface area contributed by atoms with Crippen LogP contribution in [0.15, 0.2) is 54.7 Å². The number of nitrogens with zero attached hydrogens (tertiary/aromatic N) is 3. The highest BCUT2D eigenvalue weighted by Gasteiger charge is 2.44. The molecule has 5 N–H and O–H groups in total. The fourth-order valence-electron chi connectivity index (χ4n) is 16.2. The number of methoxy groups -OCH3 is 3. The molecule has 3 aromatic carbocycles. The molecule has 860 valence electrons. The SMILES string of the molecule is CCCCCCCCCCCCOc1cc(OCCCCCCCCCCCC)cc(C(=O)OCC(COC(=O)c2cc(OCCCCCCCCCCCC)cc(OCCCCCCCCCCCC)c2)(COC(=O)c2cc(OCCOCCOCCOC)c(OCCOCCOCCOC)c(OCCOCCOCCOC)c2)NC(=O)CCC(=O)OCc2cn(CCOCCOCCO[C@@H]3O[C@H](CO)[C@@H](O)[C@H](O)[C@@H]3O)nn2)c1. The Bertz CT molecular complexity index is 3730. The van der Waals surface area contributed by atoms with Gasteiger partial charge < -0.3 is 139 Å². The number of unbranched alkanes of at least 4 members (excludes halogenated alkanes) is 36. The lowest BCUT2D eigenvalue weighted by atomic mass is 9.99. The Balaban J connectivity index is 1.59. The minimum Gasteiger partial charge on any atom is -0.493 e. The van der Waals surface area contributed by atoms with Crippen LogP contribution in [0.5, 0.6) is 40.2 Å². The molecule has 1 fully saturated rings. The number of amides is 1. The van der Waals surface area contributed by atoms with Gasteiger partial charge >= 0.3 is 23.9 Å². The third kappa shape index (κ3) is 64.4. The molecule has 1 aliphatic heterocycles. The summed E-state index contributed by atoms with van der Waals surface area (Å²) in [5.74, 6) is -3.03. The number of aromatic nitrogens is 3. The minimum atomic E-state index is -2.21.